The lowest BCUT2D eigenvalue weighted by molar-refractivity contribution is -0.120. The van der Waals surface area contributed by atoms with Gasteiger partial charge < -0.3 is 5.32 Å². The first kappa shape index (κ1) is 14.7. The second-order valence-electron chi connectivity index (χ2n) is 5.77. The Morgan fingerprint density at radius 1 is 1.10 bits per heavy atom. The Hall–Kier alpha value is -1.26. The van der Waals surface area contributed by atoms with Crippen LogP contribution in [0, 0.1) is 0 Å². The molecule has 6 heteroatoms. The second-order valence-corrected chi connectivity index (χ2v) is 6.62. The Morgan fingerprint density at radius 2 is 1.81 bits per heavy atom. The van der Waals surface area contributed by atoms with E-state index in [1.165, 1.54) is 0 Å². The highest BCUT2D eigenvalue weighted by atomic mass is 35.5. The Labute approximate surface area is 133 Å². The van der Waals surface area contributed by atoms with Gasteiger partial charge in [-0.15, -0.1) is 0 Å². The lowest BCUT2D eigenvalue weighted by Gasteiger charge is -2.43. The molecule has 21 heavy (non-hydrogen) atoms. The van der Waals surface area contributed by atoms with E-state index in [-0.39, 0.29) is 11.4 Å². The molecule has 1 aliphatic carbocycles. The molecule has 1 N–H and O–H groups in total. The molecule has 1 spiro atoms. The quantitative estimate of drug-likeness (QED) is 0.843. The molecule has 1 heterocycles. The molecule has 1 saturated heterocycles. The molecular weight excluding hydrogens is 311 g/mol. The van der Waals surface area contributed by atoms with E-state index in [2.05, 4.69) is 5.32 Å². The van der Waals surface area contributed by atoms with Crippen molar-refractivity contribution in [3.63, 3.8) is 0 Å². The minimum atomic E-state index is -0.405. The molecule has 1 aliphatic heterocycles. The van der Waals surface area contributed by atoms with Gasteiger partial charge in [0.05, 0.1) is 22.7 Å². The standard InChI is InChI=1S/C15H16Cl2N2O2/c16-10-4-5-11(17)12(8-10)19-13(20)9-15(18-14(19)21)6-2-1-3-7-15/h4-5,8H,1-3,6-7,9H2,(H,18,21). The highest BCUT2D eigenvalue weighted by Gasteiger charge is 2.44. The third kappa shape index (κ3) is 2.74. The Kier molecular flexibility index (Phi) is 3.84. The van der Waals surface area contributed by atoms with Crippen molar-refractivity contribution in [2.24, 2.45) is 0 Å². The topological polar surface area (TPSA) is 49.4 Å². The van der Waals surface area contributed by atoms with Crippen LogP contribution in [0.15, 0.2) is 18.2 Å². The lowest BCUT2D eigenvalue weighted by Crippen LogP contribution is -2.62. The van der Waals surface area contributed by atoms with E-state index in [1.54, 1.807) is 18.2 Å². The second kappa shape index (κ2) is 5.50. The number of carbonyl (C=O) groups is 2. The largest absolute Gasteiger partial charge is 0.331 e. The van der Waals surface area contributed by atoms with E-state index >= 15 is 0 Å². The number of amides is 3. The SMILES string of the molecule is O=C1CC2(CCCCC2)NC(=O)N1c1cc(Cl)ccc1Cl. The number of imide groups is 1. The third-order valence-electron chi connectivity index (χ3n) is 4.27. The number of halogens is 2. The van der Waals surface area contributed by atoms with Crippen molar-refractivity contribution in [2.75, 3.05) is 4.90 Å². The third-order valence-corrected chi connectivity index (χ3v) is 4.83. The zero-order chi connectivity index (χ0) is 15.0. The molecule has 0 radical (unpaired) electrons. The van der Waals surface area contributed by atoms with Crippen molar-refractivity contribution >= 4 is 40.8 Å². The summed E-state index contributed by atoms with van der Waals surface area (Å²) in [6.45, 7) is 0. The summed E-state index contributed by atoms with van der Waals surface area (Å²) in [5.74, 6) is -0.218. The van der Waals surface area contributed by atoms with Crippen molar-refractivity contribution in [3.8, 4) is 0 Å². The molecule has 1 aromatic rings. The van der Waals surface area contributed by atoms with Crippen molar-refractivity contribution in [1.29, 1.82) is 0 Å². The minimum absolute atomic E-state index is 0.218. The first-order chi connectivity index (χ1) is 10.0. The Morgan fingerprint density at radius 3 is 2.48 bits per heavy atom. The predicted octanol–water partition coefficient (Wildman–Crippen LogP) is 4.14. The summed E-state index contributed by atoms with van der Waals surface area (Å²) in [7, 11) is 0. The number of hydrogen-bond acceptors (Lipinski definition) is 2. The monoisotopic (exact) mass is 326 g/mol. The number of rotatable bonds is 1. The molecule has 2 aliphatic rings. The smallest absolute Gasteiger partial charge is 0.329 e. The molecule has 1 saturated carbocycles. The van der Waals surface area contributed by atoms with Crippen LogP contribution >= 0.6 is 23.2 Å². The maximum Gasteiger partial charge on any atom is 0.329 e. The van der Waals surface area contributed by atoms with Crippen LogP contribution < -0.4 is 10.2 Å². The van der Waals surface area contributed by atoms with Crippen molar-refractivity contribution in [3.05, 3.63) is 28.2 Å². The van der Waals surface area contributed by atoms with Gasteiger partial charge in [-0.2, -0.15) is 0 Å². The molecule has 4 nitrogen and oxygen atoms in total. The van der Waals surface area contributed by atoms with E-state index in [0.29, 0.717) is 22.2 Å². The van der Waals surface area contributed by atoms with E-state index in [1.807, 2.05) is 0 Å². The predicted molar refractivity (Wildman–Crippen MR) is 82.9 cm³/mol. The van der Waals surface area contributed by atoms with Gasteiger partial charge in [0.2, 0.25) is 5.91 Å². The summed E-state index contributed by atoms with van der Waals surface area (Å²) in [6.07, 6.45) is 5.30. The average molecular weight is 327 g/mol. The number of benzene rings is 1. The van der Waals surface area contributed by atoms with Crippen LogP contribution in [0.1, 0.15) is 38.5 Å². The maximum atomic E-state index is 12.5. The van der Waals surface area contributed by atoms with Gasteiger partial charge >= 0.3 is 6.03 Å². The summed E-state index contributed by atoms with van der Waals surface area (Å²) in [4.78, 5) is 26.0. The molecule has 3 amide bonds. The number of nitrogens with one attached hydrogen (secondary N) is 1. The normalized spacial score (nSPS) is 21.5. The summed E-state index contributed by atoms with van der Waals surface area (Å²) in [5.41, 5.74) is -0.0223. The summed E-state index contributed by atoms with van der Waals surface area (Å²) < 4.78 is 0. The van der Waals surface area contributed by atoms with Crippen LogP contribution in [0.2, 0.25) is 10.0 Å². The molecule has 112 valence electrons. The fraction of sp³-hybridized carbons (Fsp3) is 0.467. The van der Waals surface area contributed by atoms with Gasteiger partial charge in [0, 0.05) is 5.02 Å². The summed E-state index contributed by atoms with van der Waals surface area (Å²) >= 11 is 12.1. The zero-order valence-corrected chi connectivity index (χ0v) is 13.0. The van der Waals surface area contributed by atoms with Crippen molar-refractivity contribution in [2.45, 2.75) is 44.1 Å². The van der Waals surface area contributed by atoms with Crippen molar-refractivity contribution in [1.82, 2.24) is 5.32 Å². The number of carbonyl (C=O) groups excluding carboxylic acids is 2. The molecule has 1 aromatic carbocycles. The summed E-state index contributed by atoms with van der Waals surface area (Å²) in [6, 6.07) is 4.35. The van der Waals surface area contributed by atoms with E-state index < -0.39 is 6.03 Å². The van der Waals surface area contributed by atoms with Crippen LogP contribution in [0.25, 0.3) is 0 Å². The first-order valence-corrected chi connectivity index (χ1v) is 7.87. The van der Waals surface area contributed by atoms with Gasteiger partial charge in [0.15, 0.2) is 0 Å². The Bertz CT molecular complexity index is 577. The van der Waals surface area contributed by atoms with E-state index in [4.69, 9.17) is 23.2 Å². The average Bonchev–Trinajstić information content (AvgIpc) is 2.42. The van der Waals surface area contributed by atoms with Gasteiger partial charge in [0.25, 0.3) is 0 Å². The molecular formula is C15H16Cl2N2O2. The minimum Gasteiger partial charge on any atom is -0.331 e. The highest BCUT2D eigenvalue weighted by Crippen LogP contribution is 2.37. The van der Waals surface area contributed by atoms with Gasteiger partial charge in [-0.3, -0.25) is 4.79 Å². The zero-order valence-electron chi connectivity index (χ0n) is 11.5. The lowest BCUT2D eigenvalue weighted by atomic mass is 9.78. The summed E-state index contributed by atoms with van der Waals surface area (Å²) in [5, 5.41) is 3.80. The van der Waals surface area contributed by atoms with Crippen LogP contribution in [0.5, 0.6) is 0 Å². The molecule has 0 aromatic heterocycles. The van der Waals surface area contributed by atoms with Crippen molar-refractivity contribution < 1.29 is 9.59 Å². The van der Waals surface area contributed by atoms with Gasteiger partial charge in [0.1, 0.15) is 0 Å². The van der Waals surface area contributed by atoms with E-state index in [0.717, 1.165) is 37.0 Å². The van der Waals surface area contributed by atoms with E-state index in [9.17, 15) is 9.59 Å². The Balaban J connectivity index is 1.90. The van der Waals surface area contributed by atoms with Crippen LogP contribution in [0.4, 0.5) is 10.5 Å². The number of nitrogens with zero attached hydrogens (tertiary/aromatic N) is 1. The van der Waals surface area contributed by atoms with Gasteiger partial charge in [-0.1, -0.05) is 42.5 Å². The van der Waals surface area contributed by atoms with Crippen LogP contribution in [-0.4, -0.2) is 17.5 Å². The molecule has 0 bridgehead atoms. The highest BCUT2D eigenvalue weighted by molar-refractivity contribution is 6.37. The number of urea groups is 1. The fourth-order valence-electron chi connectivity index (χ4n) is 3.24. The molecule has 3 rings (SSSR count). The van der Waals surface area contributed by atoms with Gasteiger partial charge in [-0.05, 0) is 31.0 Å². The molecule has 2 fully saturated rings. The van der Waals surface area contributed by atoms with Gasteiger partial charge in [-0.25, -0.2) is 9.69 Å². The maximum absolute atomic E-state index is 12.5. The number of hydrogen-bond donors (Lipinski definition) is 1. The molecule has 0 atom stereocenters. The van der Waals surface area contributed by atoms with Crippen LogP contribution in [0.3, 0.4) is 0 Å². The first-order valence-electron chi connectivity index (χ1n) is 7.11. The molecule has 0 unspecified atom stereocenters. The number of anilines is 1. The van der Waals surface area contributed by atoms with Crippen LogP contribution in [-0.2, 0) is 4.79 Å². The fourth-order valence-corrected chi connectivity index (χ4v) is 3.61.